The Morgan fingerprint density at radius 2 is 1.14 bits per heavy atom. The lowest BCUT2D eigenvalue weighted by Crippen LogP contribution is -2.42. The van der Waals surface area contributed by atoms with Crippen molar-refractivity contribution in [2.24, 2.45) is 46.2 Å². The second kappa shape index (κ2) is 14.4. The minimum atomic E-state index is 0.0307. The van der Waals surface area contributed by atoms with Crippen molar-refractivity contribution in [2.75, 3.05) is 26.2 Å². The lowest BCUT2D eigenvalue weighted by molar-refractivity contribution is 0.265. The molecule has 0 rings (SSSR count). The van der Waals surface area contributed by atoms with Gasteiger partial charge in [0, 0.05) is 12.1 Å². The smallest absolute Gasteiger partial charge is 0.0192 e. The van der Waals surface area contributed by atoms with E-state index in [1.807, 2.05) is 0 Å². The summed E-state index contributed by atoms with van der Waals surface area (Å²) < 4.78 is 0. The second-order valence-electron chi connectivity index (χ2n) is 6.45. The van der Waals surface area contributed by atoms with Crippen molar-refractivity contribution < 1.29 is 0 Å². The molecule has 6 heteroatoms. The molecule has 0 aliphatic carbocycles. The van der Waals surface area contributed by atoms with E-state index in [9.17, 15) is 0 Å². The third-order valence-electron chi connectivity index (χ3n) is 4.70. The zero-order chi connectivity index (χ0) is 16.8. The van der Waals surface area contributed by atoms with Gasteiger partial charge in [-0.1, -0.05) is 12.8 Å². The Kier molecular flexibility index (Phi) is 14.2. The number of unbranched alkanes of at least 4 members (excludes halogenated alkanes) is 1. The average Bonchev–Trinajstić information content (AvgIpc) is 2.52. The highest BCUT2D eigenvalue weighted by Gasteiger charge is 2.21. The number of rotatable bonds is 15. The molecule has 0 aromatic rings. The SMILES string of the molecule is NCCCCC(CCN)C(CN)CCC(N)C(N)CCCN. The summed E-state index contributed by atoms with van der Waals surface area (Å²) in [5.41, 5.74) is 35.2. The minimum Gasteiger partial charge on any atom is -0.330 e. The van der Waals surface area contributed by atoms with E-state index in [2.05, 4.69) is 0 Å². The first-order chi connectivity index (χ1) is 10.6. The van der Waals surface area contributed by atoms with Crippen molar-refractivity contribution in [2.45, 2.75) is 63.5 Å². The Bertz CT molecular complexity index is 239. The van der Waals surface area contributed by atoms with Crippen LogP contribution in [0.3, 0.4) is 0 Å². The van der Waals surface area contributed by atoms with Crippen molar-refractivity contribution in [3.8, 4) is 0 Å². The fraction of sp³-hybridized carbons (Fsp3) is 1.00. The van der Waals surface area contributed by atoms with E-state index in [1.165, 1.54) is 0 Å². The van der Waals surface area contributed by atoms with Gasteiger partial charge in [-0.2, -0.15) is 0 Å². The summed E-state index contributed by atoms with van der Waals surface area (Å²) in [5.74, 6) is 1.06. The molecular weight excluding hydrogens is 276 g/mol. The van der Waals surface area contributed by atoms with Gasteiger partial charge in [-0.15, -0.1) is 0 Å². The van der Waals surface area contributed by atoms with Crippen molar-refractivity contribution >= 4 is 0 Å². The molecule has 0 aliphatic rings. The maximum Gasteiger partial charge on any atom is 0.0192 e. The molecule has 22 heavy (non-hydrogen) atoms. The van der Waals surface area contributed by atoms with Gasteiger partial charge in [0.1, 0.15) is 0 Å². The molecule has 4 unspecified atom stereocenters. The van der Waals surface area contributed by atoms with Gasteiger partial charge in [0.25, 0.3) is 0 Å². The van der Waals surface area contributed by atoms with Gasteiger partial charge in [0.05, 0.1) is 0 Å². The molecule has 0 aromatic carbocycles. The Balaban J connectivity index is 4.27. The lowest BCUT2D eigenvalue weighted by atomic mass is 9.81. The summed E-state index contributed by atoms with van der Waals surface area (Å²) in [7, 11) is 0. The van der Waals surface area contributed by atoms with Crippen LogP contribution in [0.25, 0.3) is 0 Å². The first kappa shape index (κ1) is 21.8. The third-order valence-corrected chi connectivity index (χ3v) is 4.70. The summed E-state index contributed by atoms with van der Waals surface area (Å²) >= 11 is 0. The Morgan fingerprint density at radius 1 is 0.500 bits per heavy atom. The molecule has 134 valence electrons. The molecule has 4 atom stereocenters. The first-order valence-electron chi connectivity index (χ1n) is 8.92. The van der Waals surface area contributed by atoms with E-state index >= 15 is 0 Å². The average molecular weight is 317 g/mol. The molecule has 0 aliphatic heterocycles. The monoisotopic (exact) mass is 316 g/mol. The molecule has 0 heterocycles. The highest BCUT2D eigenvalue weighted by atomic mass is 14.8. The van der Waals surface area contributed by atoms with Crippen molar-refractivity contribution in [3.63, 3.8) is 0 Å². The van der Waals surface area contributed by atoms with Crippen LogP contribution in [-0.4, -0.2) is 38.3 Å². The molecule has 12 N–H and O–H groups in total. The lowest BCUT2D eigenvalue weighted by Gasteiger charge is -2.28. The summed E-state index contributed by atoms with van der Waals surface area (Å²) in [4.78, 5) is 0. The van der Waals surface area contributed by atoms with Crippen LogP contribution in [0.4, 0.5) is 0 Å². The van der Waals surface area contributed by atoms with Crippen molar-refractivity contribution in [1.29, 1.82) is 0 Å². The molecule has 0 spiro atoms. The molecule has 6 nitrogen and oxygen atoms in total. The van der Waals surface area contributed by atoms with Gasteiger partial charge < -0.3 is 34.4 Å². The summed E-state index contributed by atoms with van der Waals surface area (Å²) in [6, 6.07) is 0.0651. The van der Waals surface area contributed by atoms with Crippen LogP contribution in [-0.2, 0) is 0 Å². The number of hydrogen-bond donors (Lipinski definition) is 6. The van der Waals surface area contributed by atoms with E-state index < -0.39 is 0 Å². The van der Waals surface area contributed by atoms with Crippen molar-refractivity contribution in [1.82, 2.24) is 0 Å². The summed E-state index contributed by atoms with van der Waals surface area (Å²) in [6.45, 7) is 2.83. The number of hydrogen-bond acceptors (Lipinski definition) is 6. The molecular formula is C16H40N6. The van der Waals surface area contributed by atoms with E-state index in [1.54, 1.807) is 0 Å². The highest BCUT2D eigenvalue weighted by Crippen LogP contribution is 2.26. The van der Waals surface area contributed by atoms with Crippen LogP contribution in [0.5, 0.6) is 0 Å². The second-order valence-corrected chi connectivity index (χ2v) is 6.45. The predicted molar refractivity (Wildman–Crippen MR) is 96.1 cm³/mol. The fourth-order valence-corrected chi connectivity index (χ4v) is 3.11. The molecule has 0 radical (unpaired) electrons. The van der Waals surface area contributed by atoms with Crippen molar-refractivity contribution in [3.05, 3.63) is 0 Å². The molecule has 0 aromatic heterocycles. The third kappa shape index (κ3) is 9.71. The first-order valence-corrected chi connectivity index (χ1v) is 8.92. The van der Waals surface area contributed by atoms with Gasteiger partial charge >= 0.3 is 0 Å². The Hall–Kier alpha value is -0.240. The Labute approximate surface area is 136 Å². The van der Waals surface area contributed by atoms with Gasteiger partial charge in [-0.3, -0.25) is 0 Å². The molecule has 0 bridgehead atoms. The van der Waals surface area contributed by atoms with Gasteiger partial charge in [0.15, 0.2) is 0 Å². The van der Waals surface area contributed by atoms with Crippen LogP contribution in [0.2, 0.25) is 0 Å². The van der Waals surface area contributed by atoms with Crippen LogP contribution in [0, 0.1) is 11.8 Å². The van der Waals surface area contributed by atoms with E-state index in [-0.39, 0.29) is 12.1 Å². The zero-order valence-electron chi connectivity index (χ0n) is 14.3. The number of nitrogens with two attached hydrogens (primary N) is 6. The quantitative estimate of drug-likeness (QED) is 0.230. The van der Waals surface area contributed by atoms with Gasteiger partial charge in [-0.25, -0.2) is 0 Å². The summed E-state index contributed by atoms with van der Waals surface area (Å²) in [5, 5.41) is 0. The van der Waals surface area contributed by atoms with Gasteiger partial charge in [-0.05, 0) is 76.5 Å². The topological polar surface area (TPSA) is 156 Å². The van der Waals surface area contributed by atoms with Crippen LogP contribution in [0.15, 0.2) is 0 Å². The van der Waals surface area contributed by atoms with Crippen LogP contribution < -0.4 is 34.4 Å². The largest absolute Gasteiger partial charge is 0.330 e. The zero-order valence-corrected chi connectivity index (χ0v) is 14.3. The summed E-state index contributed by atoms with van der Waals surface area (Å²) in [6.07, 6.45) is 8.19. The van der Waals surface area contributed by atoms with E-state index in [0.29, 0.717) is 31.5 Å². The normalized spacial score (nSPS) is 17.2. The van der Waals surface area contributed by atoms with E-state index in [4.69, 9.17) is 34.4 Å². The van der Waals surface area contributed by atoms with Crippen LogP contribution >= 0.6 is 0 Å². The molecule has 0 saturated heterocycles. The molecule has 0 amide bonds. The molecule has 0 fully saturated rings. The minimum absolute atomic E-state index is 0.0307. The fourth-order valence-electron chi connectivity index (χ4n) is 3.11. The maximum atomic E-state index is 6.21. The van der Waals surface area contributed by atoms with Crippen LogP contribution in [0.1, 0.15) is 51.4 Å². The van der Waals surface area contributed by atoms with Gasteiger partial charge in [0.2, 0.25) is 0 Å². The Morgan fingerprint density at radius 3 is 1.68 bits per heavy atom. The predicted octanol–water partition coefficient (Wildman–Crippen LogP) is -0.171. The van der Waals surface area contributed by atoms with E-state index in [0.717, 1.165) is 57.9 Å². The standard InChI is InChI=1S/C16H40N6/c17-9-2-1-4-13(8-11-19)14(12-20)6-7-16(22)15(21)5-3-10-18/h13-16H,1-12,17-22H2. The molecule has 0 saturated carbocycles. The maximum absolute atomic E-state index is 6.21. The highest BCUT2D eigenvalue weighted by molar-refractivity contribution is 4.80.